The highest BCUT2D eigenvalue weighted by atomic mass is 16.5. The monoisotopic (exact) mass is 420 g/mol. The zero-order valence-electron chi connectivity index (χ0n) is 17.1. The van der Waals surface area contributed by atoms with Crippen molar-refractivity contribution < 1.29 is 19.1 Å². The van der Waals surface area contributed by atoms with Crippen LogP contribution in [0.4, 0.5) is 0 Å². The fourth-order valence-electron chi connectivity index (χ4n) is 4.49. The molecule has 7 nitrogen and oxygen atoms in total. The Labute approximate surface area is 179 Å². The molecular formula is C24H24N2O5. The predicted molar refractivity (Wildman–Crippen MR) is 115 cm³/mol. The zero-order valence-corrected chi connectivity index (χ0v) is 17.1. The molecule has 1 saturated heterocycles. The van der Waals surface area contributed by atoms with Gasteiger partial charge in [-0.2, -0.15) is 0 Å². The van der Waals surface area contributed by atoms with Crippen molar-refractivity contribution in [1.82, 2.24) is 9.80 Å². The summed E-state index contributed by atoms with van der Waals surface area (Å²) in [4.78, 5) is 30.8. The third kappa shape index (κ3) is 3.60. The molecule has 160 valence electrons. The molecule has 0 spiro atoms. The first-order chi connectivity index (χ1) is 15.1. The summed E-state index contributed by atoms with van der Waals surface area (Å²) >= 11 is 0. The highest BCUT2D eigenvalue weighted by molar-refractivity contribution is 5.99. The fraction of sp³-hybridized carbons (Fsp3) is 0.333. The highest BCUT2D eigenvalue weighted by Gasteiger charge is 2.42. The number of fused-ring (bicyclic) bond motifs is 2. The van der Waals surface area contributed by atoms with E-state index in [4.69, 9.17) is 9.15 Å². The van der Waals surface area contributed by atoms with Gasteiger partial charge in [0.2, 0.25) is 5.76 Å². The normalized spacial score (nSPS) is 19.2. The molecule has 2 aromatic carbocycles. The Kier molecular flexibility index (Phi) is 5.21. The standard InChI is InChI=1S/C24H24N2O5/c27-17-8-6-16(7-9-17)21-20-22(28)18-4-1-2-5-19(18)31-23(20)24(29)26(21)11-3-10-25-12-14-30-15-13-25/h1-2,4-9,21,27H,3,10-15H2. The van der Waals surface area contributed by atoms with E-state index >= 15 is 0 Å². The number of ether oxygens (including phenoxy) is 1. The smallest absolute Gasteiger partial charge is 0.290 e. The average molecular weight is 420 g/mol. The van der Waals surface area contributed by atoms with Crippen molar-refractivity contribution in [3.8, 4) is 5.75 Å². The van der Waals surface area contributed by atoms with E-state index in [2.05, 4.69) is 4.90 Å². The number of aromatic hydroxyl groups is 1. The molecule has 1 unspecified atom stereocenters. The second-order valence-corrected chi connectivity index (χ2v) is 7.97. The number of morpholine rings is 1. The highest BCUT2D eigenvalue weighted by Crippen LogP contribution is 2.38. The second kappa shape index (κ2) is 8.17. The third-order valence-corrected chi connectivity index (χ3v) is 6.06. The molecule has 31 heavy (non-hydrogen) atoms. The van der Waals surface area contributed by atoms with Crippen LogP contribution < -0.4 is 5.43 Å². The predicted octanol–water partition coefficient (Wildman–Crippen LogP) is 2.77. The van der Waals surface area contributed by atoms with Crippen LogP contribution in [0.2, 0.25) is 0 Å². The van der Waals surface area contributed by atoms with Gasteiger partial charge in [0.25, 0.3) is 5.91 Å². The van der Waals surface area contributed by atoms with Crippen LogP contribution in [-0.4, -0.2) is 60.2 Å². The van der Waals surface area contributed by atoms with E-state index in [1.54, 1.807) is 53.4 Å². The maximum atomic E-state index is 13.4. The van der Waals surface area contributed by atoms with E-state index < -0.39 is 6.04 Å². The number of carbonyl (C=O) groups excluding carboxylic acids is 1. The minimum atomic E-state index is -0.534. The van der Waals surface area contributed by atoms with Crippen LogP contribution in [0.25, 0.3) is 11.0 Å². The molecule has 1 aromatic heterocycles. The first kappa shape index (κ1) is 19.8. The molecule has 0 radical (unpaired) electrons. The van der Waals surface area contributed by atoms with E-state index in [0.29, 0.717) is 23.1 Å². The SMILES string of the molecule is O=C1c2oc3ccccc3c(=O)c2C(c2ccc(O)cc2)N1CCCN1CCOCC1. The first-order valence-corrected chi connectivity index (χ1v) is 10.6. The van der Waals surface area contributed by atoms with Crippen molar-refractivity contribution >= 4 is 16.9 Å². The number of phenolic OH excluding ortho intramolecular Hbond substituents is 1. The van der Waals surface area contributed by atoms with Crippen LogP contribution in [0.1, 0.15) is 34.1 Å². The van der Waals surface area contributed by atoms with Gasteiger partial charge >= 0.3 is 0 Å². The van der Waals surface area contributed by atoms with Crippen molar-refractivity contribution in [2.45, 2.75) is 12.5 Å². The molecule has 5 rings (SSSR count). The largest absolute Gasteiger partial charge is 0.508 e. The number of hydrogen-bond donors (Lipinski definition) is 1. The third-order valence-electron chi connectivity index (χ3n) is 6.06. The Balaban J connectivity index is 1.52. The molecular weight excluding hydrogens is 396 g/mol. The number of nitrogens with zero attached hydrogens (tertiary/aromatic N) is 2. The topological polar surface area (TPSA) is 83.2 Å². The van der Waals surface area contributed by atoms with E-state index in [1.165, 1.54) is 0 Å². The second-order valence-electron chi connectivity index (χ2n) is 7.97. The summed E-state index contributed by atoms with van der Waals surface area (Å²) in [6, 6.07) is 13.1. The number of benzene rings is 2. The first-order valence-electron chi connectivity index (χ1n) is 10.6. The van der Waals surface area contributed by atoms with Gasteiger partial charge in [0.15, 0.2) is 5.43 Å². The van der Waals surface area contributed by atoms with Gasteiger partial charge in [-0.15, -0.1) is 0 Å². The van der Waals surface area contributed by atoms with Crippen LogP contribution >= 0.6 is 0 Å². The Bertz CT molecular complexity index is 1160. The Hall–Kier alpha value is -3.16. The maximum Gasteiger partial charge on any atom is 0.290 e. The number of phenols is 1. The van der Waals surface area contributed by atoms with E-state index in [9.17, 15) is 14.7 Å². The van der Waals surface area contributed by atoms with Crippen molar-refractivity contribution in [3.63, 3.8) is 0 Å². The summed E-state index contributed by atoms with van der Waals surface area (Å²) < 4.78 is 11.3. The molecule has 1 N–H and O–H groups in total. The molecule has 1 atom stereocenters. The molecule has 0 saturated carbocycles. The minimum absolute atomic E-state index is 0.119. The summed E-state index contributed by atoms with van der Waals surface area (Å²) in [5, 5.41) is 10.2. The van der Waals surface area contributed by atoms with E-state index in [0.717, 1.165) is 44.8 Å². The summed E-state index contributed by atoms with van der Waals surface area (Å²) in [6.45, 7) is 4.60. The van der Waals surface area contributed by atoms with Gasteiger partial charge in [0.1, 0.15) is 11.3 Å². The molecule has 2 aliphatic rings. The lowest BCUT2D eigenvalue weighted by molar-refractivity contribution is 0.0353. The Morgan fingerprint density at radius 3 is 2.48 bits per heavy atom. The van der Waals surface area contributed by atoms with Gasteiger partial charge in [0, 0.05) is 26.2 Å². The lowest BCUT2D eigenvalue weighted by Crippen LogP contribution is -2.38. The van der Waals surface area contributed by atoms with Crippen LogP contribution in [0.15, 0.2) is 57.7 Å². The summed E-state index contributed by atoms with van der Waals surface area (Å²) in [5.74, 6) is -0.0104. The number of hydrogen-bond acceptors (Lipinski definition) is 6. The molecule has 0 bridgehead atoms. The van der Waals surface area contributed by atoms with E-state index in [-0.39, 0.29) is 22.8 Å². The quantitative estimate of drug-likeness (QED) is 0.684. The molecule has 1 amide bonds. The fourth-order valence-corrected chi connectivity index (χ4v) is 4.49. The number of para-hydroxylation sites is 1. The lowest BCUT2D eigenvalue weighted by atomic mass is 9.98. The van der Waals surface area contributed by atoms with Crippen molar-refractivity contribution in [1.29, 1.82) is 0 Å². The van der Waals surface area contributed by atoms with Crippen LogP contribution in [0, 0.1) is 0 Å². The van der Waals surface area contributed by atoms with Crippen molar-refractivity contribution in [2.24, 2.45) is 0 Å². The van der Waals surface area contributed by atoms with Crippen LogP contribution in [0.5, 0.6) is 5.75 Å². The zero-order chi connectivity index (χ0) is 21.4. The molecule has 0 aliphatic carbocycles. The van der Waals surface area contributed by atoms with Crippen LogP contribution in [0.3, 0.4) is 0 Å². The number of rotatable bonds is 5. The van der Waals surface area contributed by atoms with Gasteiger partial charge < -0.3 is 19.2 Å². The van der Waals surface area contributed by atoms with Crippen molar-refractivity contribution in [2.75, 3.05) is 39.4 Å². The molecule has 1 fully saturated rings. The van der Waals surface area contributed by atoms with Gasteiger partial charge in [-0.3, -0.25) is 14.5 Å². The molecule has 3 heterocycles. The Morgan fingerprint density at radius 1 is 0.968 bits per heavy atom. The summed E-state index contributed by atoms with van der Waals surface area (Å²) in [7, 11) is 0. The van der Waals surface area contributed by atoms with E-state index in [1.807, 2.05) is 0 Å². The van der Waals surface area contributed by atoms with Gasteiger partial charge in [-0.1, -0.05) is 24.3 Å². The molecule has 3 aromatic rings. The lowest BCUT2D eigenvalue weighted by Gasteiger charge is -2.29. The van der Waals surface area contributed by atoms with Crippen LogP contribution in [-0.2, 0) is 4.74 Å². The summed E-state index contributed by atoms with van der Waals surface area (Å²) in [6.07, 6.45) is 0.780. The van der Waals surface area contributed by atoms with Gasteiger partial charge in [-0.25, -0.2) is 0 Å². The maximum absolute atomic E-state index is 13.4. The summed E-state index contributed by atoms with van der Waals surface area (Å²) in [5.41, 5.74) is 1.39. The van der Waals surface area contributed by atoms with Gasteiger partial charge in [0.05, 0.1) is 30.2 Å². The Morgan fingerprint density at radius 2 is 1.71 bits per heavy atom. The average Bonchev–Trinajstić information content (AvgIpc) is 3.07. The van der Waals surface area contributed by atoms with Crippen molar-refractivity contribution in [3.05, 3.63) is 75.6 Å². The molecule has 2 aliphatic heterocycles. The minimum Gasteiger partial charge on any atom is -0.508 e. The molecule has 7 heteroatoms. The number of carbonyl (C=O) groups is 1. The van der Waals surface area contributed by atoms with Gasteiger partial charge in [-0.05, 0) is 36.2 Å². The number of amides is 1.